The van der Waals surface area contributed by atoms with Crippen LogP contribution in [0.5, 0.6) is 0 Å². The predicted molar refractivity (Wildman–Crippen MR) is 102 cm³/mol. The number of aromatic nitrogens is 1. The van der Waals surface area contributed by atoms with Gasteiger partial charge in [0.15, 0.2) is 0 Å². The van der Waals surface area contributed by atoms with E-state index in [9.17, 15) is 14.4 Å². The molecule has 0 unspecified atom stereocenters. The van der Waals surface area contributed by atoms with Crippen molar-refractivity contribution >= 4 is 23.4 Å². The third-order valence-corrected chi connectivity index (χ3v) is 5.79. The van der Waals surface area contributed by atoms with Gasteiger partial charge in [0.2, 0.25) is 5.91 Å². The van der Waals surface area contributed by atoms with Crippen LogP contribution in [0.15, 0.2) is 18.5 Å². The first-order chi connectivity index (χ1) is 13.0. The Morgan fingerprint density at radius 3 is 2.56 bits per heavy atom. The highest BCUT2D eigenvalue weighted by atomic mass is 16.2. The highest BCUT2D eigenvalue weighted by Gasteiger charge is 2.37. The van der Waals surface area contributed by atoms with Crippen LogP contribution in [-0.4, -0.2) is 40.2 Å². The SMILES string of the molecule is C[C@@H]1CC[C@H](C2CCCCC2)N(C(=O)C(=O)Nc2cncc(C(N)=O)c2)C1. The Labute approximate surface area is 159 Å². The van der Waals surface area contributed by atoms with E-state index in [1.165, 1.54) is 37.7 Å². The van der Waals surface area contributed by atoms with E-state index in [4.69, 9.17) is 5.73 Å². The second-order valence-electron chi connectivity index (χ2n) is 7.89. The van der Waals surface area contributed by atoms with E-state index >= 15 is 0 Å². The fourth-order valence-electron chi connectivity index (χ4n) is 4.37. The van der Waals surface area contributed by atoms with Crippen LogP contribution in [0.3, 0.4) is 0 Å². The number of primary amides is 1. The van der Waals surface area contributed by atoms with Crippen LogP contribution >= 0.6 is 0 Å². The number of likely N-dealkylation sites (tertiary alicyclic amines) is 1. The van der Waals surface area contributed by atoms with Gasteiger partial charge in [-0.05, 0) is 43.6 Å². The number of hydrogen-bond donors (Lipinski definition) is 2. The van der Waals surface area contributed by atoms with Gasteiger partial charge in [0, 0.05) is 18.8 Å². The van der Waals surface area contributed by atoms with E-state index in [1.54, 1.807) is 4.90 Å². The number of carbonyl (C=O) groups is 3. The second kappa shape index (κ2) is 8.50. The molecular formula is C20H28N4O3. The number of piperidine rings is 1. The van der Waals surface area contributed by atoms with Gasteiger partial charge >= 0.3 is 11.8 Å². The Morgan fingerprint density at radius 1 is 1.11 bits per heavy atom. The van der Waals surface area contributed by atoms with Crippen LogP contribution in [0.1, 0.15) is 62.2 Å². The van der Waals surface area contributed by atoms with Gasteiger partial charge in [0.1, 0.15) is 0 Å². The first-order valence-corrected chi connectivity index (χ1v) is 9.82. The molecule has 2 fully saturated rings. The molecule has 3 amide bonds. The maximum Gasteiger partial charge on any atom is 0.313 e. The molecular weight excluding hydrogens is 344 g/mol. The molecule has 0 bridgehead atoms. The maximum atomic E-state index is 12.9. The van der Waals surface area contributed by atoms with Crippen molar-refractivity contribution in [1.82, 2.24) is 9.88 Å². The minimum Gasteiger partial charge on any atom is -0.366 e. The number of hydrogen-bond acceptors (Lipinski definition) is 4. The third-order valence-electron chi connectivity index (χ3n) is 5.79. The van der Waals surface area contributed by atoms with Crippen LogP contribution in [0.25, 0.3) is 0 Å². The van der Waals surface area contributed by atoms with Gasteiger partial charge in [0.25, 0.3) is 0 Å². The highest BCUT2D eigenvalue weighted by molar-refractivity contribution is 6.39. The summed E-state index contributed by atoms with van der Waals surface area (Å²) in [6.45, 7) is 2.74. The van der Waals surface area contributed by atoms with Gasteiger partial charge < -0.3 is 16.0 Å². The first-order valence-electron chi connectivity index (χ1n) is 9.82. The average Bonchev–Trinajstić information content (AvgIpc) is 2.68. The van der Waals surface area contributed by atoms with Crippen molar-refractivity contribution in [2.24, 2.45) is 17.6 Å². The number of anilines is 1. The number of nitrogens with one attached hydrogen (secondary N) is 1. The molecule has 1 saturated carbocycles. The summed E-state index contributed by atoms with van der Waals surface area (Å²) in [6.07, 6.45) is 10.7. The maximum absolute atomic E-state index is 12.9. The summed E-state index contributed by atoms with van der Waals surface area (Å²) in [5.74, 6) is -0.939. The van der Waals surface area contributed by atoms with Crippen molar-refractivity contribution in [3.63, 3.8) is 0 Å². The predicted octanol–water partition coefficient (Wildman–Crippen LogP) is 2.33. The summed E-state index contributed by atoms with van der Waals surface area (Å²) in [4.78, 5) is 42.4. The van der Waals surface area contributed by atoms with Crippen LogP contribution in [0.4, 0.5) is 5.69 Å². The monoisotopic (exact) mass is 372 g/mol. The van der Waals surface area contributed by atoms with Crippen molar-refractivity contribution in [1.29, 1.82) is 0 Å². The molecule has 1 aliphatic heterocycles. The lowest BCUT2D eigenvalue weighted by molar-refractivity contribution is -0.147. The fourth-order valence-corrected chi connectivity index (χ4v) is 4.37. The molecule has 1 saturated heterocycles. The minimum atomic E-state index is -0.687. The molecule has 7 heteroatoms. The minimum absolute atomic E-state index is 0.148. The standard InChI is InChI=1S/C20H28N4O3/c1-13-7-8-17(14-5-3-2-4-6-14)24(12-13)20(27)19(26)23-16-9-15(18(21)25)10-22-11-16/h9-11,13-14,17H,2-8,12H2,1H3,(H2,21,25)(H,23,26)/t13-,17-/m1/s1. The molecule has 1 aromatic heterocycles. The van der Waals surface area contributed by atoms with E-state index in [-0.39, 0.29) is 11.6 Å². The van der Waals surface area contributed by atoms with Gasteiger partial charge in [-0.1, -0.05) is 26.2 Å². The highest BCUT2D eigenvalue weighted by Crippen LogP contribution is 2.35. The topological polar surface area (TPSA) is 105 Å². The number of carbonyl (C=O) groups excluding carboxylic acids is 3. The van der Waals surface area contributed by atoms with Gasteiger partial charge in [-0.2, -0.15) is 0 Å². The van der Waals surface area contributed by atoms with Crippen molar-refractivity contribution < 1.29 is 14.4 Å². The molecule has 2 heterocycles. The summed E-state index contributed by atoms with van der Waals surface area (Å²) in [5, 5.41) is 2.57. The van der Waals surface area contributed by atoms with Crippen molar-refractivity contribution in [2.75, 3.05) is 11.9 Å². The summed E-state index contributed by atoms with van der Waals surface area (Å²) in [6, 6.07) is 1.58. The molecule has 1 aliphatic carbocycles. The number of nitrogens with two attached hydrogens (primary N) is 1. The Hall–Kier alpha value is -2.44. The van der Waals surface area contributed by atoms with Gasteiger partial charge in [-0.25, -0.2) is 0 Å². The smallest absolute Gasteiger partial charge is 0.313 e. The zero-order valence-corrected chi connectivity index (χ0v) is 15.8. The first kappa shape index (κ1) is 19.3. The van der Waals surface area contributed by atoms with Crippen LogP contribution < -0.4 is 11.1 Å². The summed E-state index contributed by atoms with van der Waals surface area (Å²) < 4.78 is 0. The molecule has 1 aromatic rings. The Balaban J connectivity index is 1.71. The number of rotatable bonds is 3. The summed E-state index contributed by atoms with van der Waals surface area (Å²) in [7, 11) is 0. The largest absolute Gasteiger partial charge is 0.366 e. The summed E-state index contributed by atoms with van der Waals surface area (Å²) in [5.41, 5.74) is 5.72. The molecule has 2 atom stereocenters. The van der Waals surface area contributed by atoms with Gasteiger partial charge in [0.05, 0.1) is 17.4 Å². The quantitative estimate of drug-likeness (QED) is 0.794. The lowest BCUT2D eigenvalue weighted by Gasteiger charge is -2.43. The normalized spacial score (nSPS) is 23.7. The molecule has 2 aliphatic rings. The lowest BCUT2D eigenvalue weighted by Crippen LogP contribution is -2.53. The molecule has 146 valence electrons. The van der Waals surface area contributed by atoms with Crippen LogP contribution in [-0.2, 0) is 9.59 Å². The van der Waals surface area contributed by atoms with E-state index < -0.39 is 17.7 Å². The molecule has 7 nitrogen and oxygen atoms in total. The third kappa shape index (κ3) is 4.64. The van der Waals surface area contributed by atoms with Gasteiger partial charge in [-0.15, -0.1) is 0 Å². The molecule has 0 aromatic carbocycles. The molecule has 3 rings (SSSR count). The molecule has 0 radical (unpaired) electrons. The lowest BCUT2D eigenvalue weighted by atomic mass is 9.78. The fraction of sp³-hybridized carbons (Fsp3) is 0.600. The van der Waals surface area contributed by atoms with Crippen molar-refractivity contribution in [3.8, 4) is 0 Å². The number of nitrogens with zero attached hydrogens (tertiary/aromatic N) is 2. The van der Waals surface area contributed by atoms with Crippen molar-refractivity contribution in [2.45, 2.75) is 57.9 Å². The zero-order valence-electron chi connectivity index (χ0n) is 15.8. The van der Waals surface area contributed by atoms with E-state index in [0.29, 0.717) is 24.1 Å². The van der Waals surface area contributed by atoms with E-state index in [0.717, 1.165) is 25.7 Å². The Bertz CT molecular complexity index is 715. The molecule has 0 spiro atoms. The van der Waals surface area contributed by atoms with E-state index in [2.05, 4.69) is 17.2 Å². The van der Waals surface area contributed by atoms with Crippen molar-refractivity contribution in [3.05, 3.63) is 24.0 Å². The Morgan fingerprint density at radius 2 is 1.85 bits per heavy atom. The molecule has 27 heavy (non-hydrogen) atoms. The van der Waals surface area contributed by atoms with E-state index in [1.807, 2.05) is 0 Å². The Kier molecular flexibility index (Phi) is 6.08. The van der Waals surface area contributed by atoms with Crippen LogP contribution in [0, 0.1) is 11.8 Å². The van der Waals surface area contributed by atoms with Gasteiger partial charge in [-0.3, -0.25) is 19.4 Å². The second-order valence-corrected chi connectivity index (χ2v) is 7.89. The average molecular weight is 372 g/mol. The summed E-state index contributed by atoms with van der Waals surface area (Å²) >= 11 is 0. The molecule has 3 N–H and O–H groups in total. The zero-order chi connectivity index (χ0) is 19.4. The number of amides is 3. The van der Waals surface area contributed by atoms with Crippen LogP contribution in [0.2, 0.25) is 0 Å². The number of pyridine rings is 1.